The molecule has 1 atom stereocenters. The second-order valence-electron chi connectivity index (χ2n) is 8.09. The Morgan fingerprint density at radius 3 is 2.20 bits per heavy atom. The molecule has 0 amide bonds. The number of hydrogen-bond donors (Lipinski definition) is 1. The fourth-order valence-electron chi connectivity index (χ4n) is 2.97. The largest absolute Gasteiger partial charge is 0.315 e. The molecule has 0 radical (unpaired) electrons. The zero-order valence-electron chi connectivity index (χ0n) is 14.8. The molecular weight excluding hydrogens is 244 g/mol. The first kappa shape index (κ1) is 17.7. The van der Waals surface area contributed by atoms with Crippen LogP contribution in [0.3, 0.4) is 0 Å². The monoisotopic (exact) mass is 280 g/mol. The summed E-state index contributed by atoms with van der Waals surface area (Å²) in [5.74, 6) is 1.44. The Morgan fingerprint density at radius 2 is 1.80 bits per heavy atom. The second kappa shape index (κ2) is 7.61. The standard InChI is InChI=1S/C18H36N2/c1-14(2)12-19-13-17(15(3)4)20-10-8-16(9-11-20)18(5,6)7/h8,14-15,17,19H,9-13H2,1-7H3. The average molecular weight is 280 g/mol. The van der Waals surface area contributed by atoms with Crippen LogP contribution in [0.25, 0.3) is 0 Å². The van der Waals surface area contributed by atoms with Crippen LogP contribution >= 0.6 is 0 Å². The predicted octanol–water partition coefficient (Wildman–Crippen LogP) is 3.93. The van der Waals surface area contributed by atoms with Crippen molar-refractivity contribution in [3.8, 4) is 0 Å². The van der Waals surface area contributed by atoms with Crippen molar-refractivity contribution in [2.75, 3.05) is 26.2 Å². The van der Waals surface area contributed by atoms with E-state index in [0.717, 1.165) is 25.6 Å². The minimum atomic E-state index is 0.343. The molecule has 1 N–H and O–H groups in total. The van der Waals surface area contributed by atoms with E-state index in [9.17, 15) is 0 Å². The van der Waals surface area contributed by atoms with E-state index < -0.39 is 0 Å². The van der Waals surface area contributed by atoms with Gasteiger partial charge in [-0.1, -0.05) is 60.1 Å². The Labute approximate surface area is 127 Å². The van der Waals surface area contributed by atoms with E-state index in [1.54, 1.807) is 5.57 Å². The molecule has 1 heterocycles. The van der Waals surface area contributed by atoms with Gasteiger partial charge < -0.3 is 5.32 Å². The molecule has 0 bridgehead atoms. The summed E-state index contributed by atoms with van der Waals surface area (Å²) in [7, 11) is 0. The minimum absolute atomic E-state index is 0.343. The Hall–Kier alpha value is -0.340. The van der Waals surface area contributed by atoms with Gasteiger partial charge >= 0.3 is 0 Å². The van der Waals surface area contributed by atoms with Gasteiger partial charge in [-0.05, 0) is 30.2 Å². The van der Waals surface area contributed by atoms with E-state index >= 15 is 0 Å². The van der Waals surface area contributed by atoms with Crippen LogP contribution in [0, 0.1) is 17.3 Å². The number of hydrogen-bond acceptors (Lipinski definition) is 2. The Bertz CT molecular complexity index is 310. The van der Waals surface area contributed by atoms with E-state index in [-0.39, 0.29) is 0 Å². The molecule has 0 aliphatic carbocycles. The molecule has 1 aliphatic rings. The van der Waals surface area contributed by atoms with Crippen LogP contribution in [-0.4, -0.2) is 37.1 Å². The highest BCUT2D eigenvalue weighted by Crippen LogP contribution is 2.31. The summed E-state index contributed by atoms with van der Waals surface area (Å²) in [5, 5.41) is 3.64. The molecule has 2 nitrogen and oxygen atoms in total. The molecular formula is C18H36N2. The summed E-state index contributed by atoms with van der Waals surface area (Å²) in [6.45, 7) is 20.8. The fourth-order valence-corrected chi connectivity index (χ4v) is 2.97. The third kappa shape index (κ3) is 5.57. The van der Waals surface area contributed by atoms with Crippen molar-refractivity contribution in [1.82, 2.24) is 10.2 Å². The van der Waals surface area contributed by atoms with Crippen LogP contribution in [-0.2, 0) is 0 Å². The van der Waals surface area contributed by atoms with Gasteiger partial charge in [-0.25, -0.2) is 0 Å². The molecule has 1 rings (SSSR count). The molecule has 0 saturated carbocycles. The molecule has 0 fully saturated rings. The zero-order chi connectivity index (χ0) is 15.3. The maximum Gasteiger partial charge on any atom is 0.0247 e. The van der Waals surface area contributed by atoms with Crippen molar-refractivity contribution in [1.29, 1.82) is 0 Å². The zero-order valence-corrected chi connectivity index (χ0v) is 14.8. The lowest BCUT2D eigenvalue weighted by Gasteiger charge is -2.39. The molecule has 1 aliphatic heterocycles. The highest BCUT2D eigenvalue weighted by molar-refractivity contribution is 5.15. The lowest BCUT2D eigenvalue weighted by atomic mass is 9.82. The van der Waals surface area contributed by atoms with Crippen LogP contribution in [0.15, 0.2) is 11.6 Å². The third-order valence-electron chi connectivity index (χ3n) is 4.35. The molecule has 118 valence electrons. The van der Waals surface area contributed by atoms with Crippen molar-refractivity contribution < 1.29 is 0 Å². The summed E-state index contributed by atoms with van der Waals surface area (Å²) >= 11 is 0. The fraction of sp³-hybridized carbons (Fsp3) is 0.889. The van der Waals surface area contributed by atoms with Gasteiger partial charge in [0.25, 0.3) is 0 Å². The van der Waals surface area contributed by atoms with Gasteiger partial charge in [-0.2, -0.15) is 0 Å². The van der Waals surface area contributed by atoms with Crippen LogP contribution in [0.2, 0.25) is 0 Å². The lowest BCUT2D eigenvalue weighted by molar-refractivity contribution is 0.157. The van der Waals surface area contributed by atoms with Crippen LogP contribution < -0.4 is 5.32 Å². The molecule has 2 heteroatoms. The Morgan fingerprint density at radius 1 is 1.15 bits per heavy atom. The van der Waals surface area contributed by atoms with Gasteiger partial charge in [-0.3, -0.25) is 4.90 Å². The van der Waals surface area contributed by atoms with Crippen molar-refractivity contribution in [2.45, 2.75) is 60.9 Å². The molecule has 1 unspecified atom stereocenters. The molecule has 0 aromatic carbocycles. The number of nitrogens with zero attached hydrogens (tertiary/aromatic N) is 1. The van der Waals surface area contributed by atoms with Gasteiger partial charge in [0.15, 0.2) is 0 Å². The number of rotatable bonds is 6. The van der Waals surface area contributed by atoms with E-state index in [1.807, 2.05) is 0 Å². The molecule has 0 saturated heterocycles. The number of nitrogens with one attached hydrogen (secondary N) is 1. The molecule has 0 aromatic heterocycles. The van der Waals surface area contributed by atoms with E-state index in [1.165, 1.54) is 13.0 Å². The normalized spacial score (nSPS) is 19.6. The molecule has 0 spiro atoms. The lowest BCUT2D eigenvalue weighted by Crippen LogP contribution is -2.48. The molecule has 20 heavy (non-hydrogen) atoms. The smallest absolute Gasteiger partial charge is 0.0247 e. The summed E-state index contributed by atoms with van der Waals surface area (Å²) in [5.41, 5.74) is 1.97. The molecule has 0 aromatic rings. The highest BCUT2D eigenvalue weighted by atomic mass is 15.2. The van der Waals surface area contributed by atoms with E-state index in [4.69, 9.17) is 0 Å². The summed E-state index contributed by atoms with van der Waals surface area (Å²) in [6.07, 6.45) is 3.71. The van der Waals surface area contributed by atoms with Crippen LogP contribution in [0.1, 0.15) is 54.9 Å². The van der Waals surface area contributed by atoms with Gasteiger partial charge in [0.1, 0.15) is 0 Å². The average Bonchev–Trinajstić information content (AvgIpc) is 2.33. The second-order valence-corrected chi connectivity index (χ2v) is 8.09. The third-order valence-corrected chi connectivity index (χ3v) is 4.35. The van der Waals surface area contributed by atoms with Gasteiger partial charge in [0, 0.05) is 25.7 Å². The Balaban J connectivity index is 2.56. The van der Waals surface area contributed by atoms with Crippen molar-refractivity contribution in [3.05, 3.63) is 11.6 Å². The maximum absolute atomic E-state index is 3.64. The minimum Gasteiger partial charge on any atom is -0.315 e. The van der Waals surface area contributed by atoms with E-state index in [2.05, 4.69) is 64.8 Å². The summed E-state index contributed by atoms with van der Waals surface area (Å²) < 4.78 is 0. The first-order chi connectivity index (χ1) is 9.21. The maximum atomic E-state index is 3.64. The highest BCUT2D eigenvalue weighted by Gasteiger charge is 2.26. The topological polar surface area (TPSA) is 15.3 Å². The van der Waals surface area contributed by atoms with E-state index in [0.29, 0.717) is 17.4 Å². The van der Waals surface area contributed by atoms with Crippen molar-refractivity contribution in [2.24, 2.45) is 17.3 Å². The quantitative estimate of drug-likeness (QED) is 0.742. The van der Waals surface area contributed by atoms with Crippen molar-refractivity contribution >= 4 is 0 Å². The first-order valence-corrected chi connectivity index (χ1v) is 8.36. The summed E-state index contributed by atoms with van der Waals surface area (Å²) in [6, 6.07) is 0.659. The summed E-state index contributed by atoms with van der Waals surface area (Å²) in [4.78, 5) is 2.66. The van der Waals surface area contributed by atoms with Crippen LogP contribution in [0.4, 0.5) is 0 Å². The first-order valence-electron chi connectivity index (χ1n) is 8.36. The Kier molecular flexibility index (Phi) is 6.74. The predicted molar refractivity (Wildman–Crippen MR) is 90.1 cm³/mol. The van der Waals surface area contributed by atoms with Gasteiger partial charge in [-0.15, -0.1) is 0 Å². The van der Waals surface area contributed by atoms with Crippen molar-refractivity contribution in [3.63, 3.8) is 0 Å². The van der Waals surface area contributed by atoms with Gasteiger partial charge in [0.05, 0.1) is 0 Å². The van der Waals surface area contributed by atoms with Crippen LogP contribution in [0.5, 0.6) is 0 Å². The SMILES string of the molecule is CC(C)CNCC(C(C)C)N1CC=C(C(C)(C)C)CC1. The van der Waals surface area contributed by atoms with Gasteiger partial charge in [0.2, 0.25) is 0 Å².